The van der Waals surface area contributed by atoms with Gasteiger partial charge in [0.2, 0.25) is 5.91 Å². The number of aromatic nitrogens is 2. The second kappa shape index (κ2) is 6.48. The number of nitrogens with zero attached hydrogens (tertiary/aromatic N) is 2. The number of carbonyl (C=O) groups excluding carboxylic acids is 2. The van der Waals surface area contributed by atoms with Crippen LogP contribution in [0.4, 0.5) is 5.82 Å². The topological polar surface area (TPSA) is 85.2 Å². The number of nitrogens with one attached hydrogen (secondary N) is 2. The second-order valence-corrected chi connectivity index (χ2v) is 6.20. The maximum atomic E-state index is 12.1. The monoisotopic (exact) mass is 306 g/mol. The number of rotatable bonds is 5. The number of fused-ring (bicyclic) bond motifs is 2. The molecule has 0 aromatic carbocycles. The van der Waals surface area contributed by atoms with Crippen LogP contribution in [0.1, 0.15) is 32.1 Å². The van der Waals surface area contributed by atoms with Crippen LogP contribution in [-0.2, 0) is 20.9 Å². The molecule has 0 saturated carbocycles. The molecule has 22 heavy (non-hydrogen) atoms. The van der Waals surface area contributed by atoms with Crippen LogP contribution in [0.25, 0.3) is 0 Å². The van der Waals surface area contributed by atoms with Crippen molar-refractivity contribution in [2.75, 3.05) is 12.4 Å². The molecule has 2 unspecified atom stereocenters. The molecule has 2 fully saturated rings. The van der Waals surface area contributed by atoms with Crippen molar-refractivity contribution in [2.24, 2.45) is 5.92 Å². The summed E-state index contributed by atoms with van der Waals surface area (Å²) in [5.41, 5.74) is 0. The Morgan fingerprint density at radius 3 is 2.82 bits per heavy atom. The highest BCUT2D eigenvalue weighted by molar-refractivity contribution is 5.89. The minimum Gasteiger partial charge on any atom is -0.468 e. The smallest absolute Gasteiger partial charge is 0.327 e. The molecule has 2 N–H and O–H groups in total. The van der Waals surface area contributed by atoms with Crippen molar-refractivity contribution in [3.8, 4) is 0 Å². The van der Waals surface area contributed by atoms with Gasteiger partial charge in [0.1, 0.15) is 6.54 Å². The third kappa shape index (κ3) is 3.65. The third-order valence-corrected chi connectivity index (χ3v) is 4.47. The fourth-order valence-electron chi connectivity index (χ4n) is 3.51. The first-order valence-corrected chi connectivity index (χ1v) is 7.78. The lowest BCUT2D eigenvalue weighted by molar-refractivity contribution is -0.141. The lowest BCUT2D eigenvalue weighted by atomic mass is 9.89. The molecule has 1 aromatic rings. The number of hydrogen-bond acceptors (Lipinski definition) is 5. The van der Waals surface area contributed by atoms with Gasteiger partial charge in [-0.15, -0.1) is 0 Å². The summed E-state index contributed by atoms with van der Waals surface area (Å²) in [5, 5.41) is 10.5. The predicted octanol–water partition coefficient (Wildman–Crippen LogP) is 0.915. The van der Waals surface area contributed by atoms with Crippen molar-refractivity contribution >= 4 is 17.7 Å². The maximum absolute atomic E-state index is 12.1. The SMILES string of the molecule is COC(=O)Cn1ccc(NC(=O)CC2CC3CCC(C2)N3)n1. The first kappa shape index (κ1) is 15.0. The zero-order valence-corrected chi connectivity index (χ0v) is 12.7. The molecule has 1 amide bonds. The van der Waals surface area contributed by atoms with E-state index < -0.39 is 0 Å². The number of piperidine rings is 1. The minimum absolute atomic E-state index is 0.00498. The van der Waals surface area contributed by atoms with Crippen molar-refractivity contribution in [1.29, 1.82) is 0 Å². The second-order valence-electron chi connectivity index (χ2n) is 6.20. The van der Waals surface area contributed by atoms with Crippen LogP contribution in [0.15, 0.2) is 12.3 Å². The van der Waals surface area contributed by atoms with Gasteiger partial charge in [-0.05, 0) is 31.6 Å². The van der Waals surface area contributed by atoms with Crippen molar-refractivity contribution in [3.63, 3.8) is 0 Å². The van der Waals surface area contributed by atoms with E-state index in [2.05, 4.69) is 20.5 Å². The largest absolute Gasteiger partial charge is 0.468 e. The Morgan fingerprint density at radius 1 is 1.41 bits per heavy atom. The third-order valence-electron chi connectivity index (χ3n) is 4.47. The van der Waals surface area contributed by atoms with Crippen molar-refractivity contribution in [3.05, 3.63) is 12.3 Å². The van der Waals surface area contributed by atoms with Crippen molar-refractivity contribution < 1.29 is 14.3 Å². The standard InChI is InChI=1S/C15H22N4O3/c1-22-15(21)9-19-5-4-13(18-19)17-14(20)8-10-6-11-2-3-12(7-10)16-11/h4-5,10-12,16H,2-3,6-9H2,1H3,(H,17,18,20). The number of amides is 1. The summed E-state index contributed by atoms with van der Waals surface area (Å²) in [4.78, 5) is 23.3. The number of esters is 1. The number of carbonyl (C=O) groups is 2. The molecule has 0 spiro atoms. The summed E-state index contributed by atoms with van der Waals surface area (Å²) in [7, 11) is 1.33. The predicted molar refractivity (Wildman–Crippen MR) is 80.2 cm³/mol. The summed E-state index contributed by atoms with van der Waals surface area (Å²) >= 11 is 0. The zero-order valence-electron chi connectivity index (χ0n) is 12.7. The maximum Gasteiger partial charge on any atom is 0.327 e. The van der Waals surface area contributed by atoms with Crippen LogP contribution < -0.4 is 10.6 Å². The van der Waals surface area contributed by atoms with E-state index in [0.29, 0.717) is 30.2 Å². The molecule has 0 aliphatic carbocycles. The van der Waals surface area contributed by atoms with Crippen molar-refractivity contribution in [2.45, 2.75) is 50.7 Å². The number of ether oxygens (including phenoxy) is 1. The first-order valence-electron chi connectivity index (χ1n) is 7.78. The minimum atomic E-state index is -0.369. The molecule has 7 nitrogen and oxygen atoms in total. The fourth-order valence-corrected chi connectivity index (χ4v) is 3.51. The molecular weight excluding hydrogens is 284 g/mol. The summed E-state index contributed by atoms with van der Waals surface area (Å²) in [6.45, 7) is 0.0457. The summed E-state index contributed by atoms with van der Waals surface area (Å²) in [6, 6.07) is 2.87. The molecule has 2 aliphatic heterocycles. The van der Waals surface area contributed by atoms with E-state index in [9.17, 15) is 9.59 Å². The fraction of sp³-hybridized carbons (Fsp3) is 0.667. The normalized spacial score (nSPS) is 26.7. The Balaban J connectivity index is 1.48. The summed E-state index contributed by atoms with van der Waals surface area (Å²) < 4.78 is 6.03. The first-order chi connectivity index (χ1) is 10.6. The van der Waals surface area contributed by atoms with Gasteiger partial charge in [0.25, 0.3) is 0 Å². The molecule has 1 aromatic heterocycles. The molecule has 0 radical (unpaired) electrons. The Kier molecular flexibility index (Phi) is 4.42. The molecule has 2 aliphatic rings. The van der Waals surface area contributed by atoms with E-state index in [1.54, 1.807) is 12.3 Å². The van der Waals surface area contributed by atoms with Crippen molar-refractivity contribution in [1.82, 2.24) is 15.1 Å². The molecule has 2 saturated heterocycles. The Labute approximate surface area is 129 Å². The van der Waals surface area contributed by atoms with Gasteiger partial charge in [0, 0.05) is 30.8 Å². The van der Waals surface area contributed by atoms with E-state index in [0.717, 1.165) is 12.8 Å². The molecular formula is C15H22N4O3. The van der Waals surface area contributed by atoms with Gasteiger partial charge in [0.15, 0.2) is 5.82 Å². The molecule has 3 heterocycles. The van der Waals surface area contributed by atoms with E-state index in [-0.39, 0.29) is 18.4 Å². The van der Waals surface area contributed by atoms with Gasteiger partial charge in [-0.1, -0.05) is 0 Å². The average molecular weight is 306 g/mol. The van der Waals surface area contributed by atoms with Crippen LogP contribution in [0.3, 0.4) is 0 Å². The van der Waals surface area contributed by atoms with E-state index in [1.807, 2.05) is 0 Å². The Morgan fingerprint density at radius 2 is 2.14 bits per heavy atom. The van der Waals surface area contributed by atoms with Gasteiger partial charge in [-0.3, -0.25) is 14.3 Å². The molecule has 7 heteroatoms. The Hall–Kier alpha value is -1.89. The van der Waals surface area contributed by atoms with E-state index >= 15 is 0 Å². The molecule has 2 bridgehead atoms. The van der Waals surface area contributed by atoms with Gasteiger partial charge in [0.05, 0.1) is 7.11 Å². The Bertz CT molecular complexity index is 545. The van der Waals surface area contributed by atoms with Gasteiger partial charge >= 0.3 is 5.97 Å². The van der Waals surface area contributed by atoms with Gasteiger partial charge in [-0.25, -0.2) is 0 Å². The highest BCUT2D eigenvalue weighted by Crippen LogP contribution is 2.32. The lowest BCUT2D eigenvalue weighted by Crippen LogP contribution is -2.39. The van der Waals surface area contributed by atoms with Crippen LogP contribution >= 0.6 is 0 Å². The highest BCUT2D eigenvalue weighted by Gasteiger charge is 2.34. The lowest BCUT2D eigenvalue weighted by Gasteiger charge is -2.28. The highest BCUT2D eigenvalue weighted by atomic mass is 16.5. The number of hydrogen-bond donors (Lipinski definition) is 2. The molecule has 120 valence electrons. The van der Waals surface area contributed by atoms with E-state index in [1.165, 1.54) is 24.6 Å². The van der Waals surface area contributed by atoms with Crippen LogP contribution in [-0.4, -0.2) is 40.9 Å². The zero-order chi connectivity index (χ0) is 15.5. The number of methoxy groups -OCH3 is 1. The summed E-state index contributed by atoms with van der Waals surface area (Å²) in [6.07, 6.45) is 6.83. The van der Waals surface area contributed by atoms with E-state index in [4.69, 9.17) is 0 Å². The number of anilines is 1. The average Bonchev–Trinajstić information content (AvgIpc) is 3.05. The van der Waals surface area contributed by atoms with Crippen LogP contribution in [0, 0.1) is 5.92 Å². The van der Waals surface area contributed by atoms with Crippen LogP contribution in [0.2, 0.25) is 0 Å². The van der Waals surface area contributed by atoms with Crippen LogP contribution in [0.5, 0.6) is 0 Å². The van der Waals surface area contributed by atoms with Gasteiger partial charge in [-0.2, -0.15) is 5.10 Å². The quantitative estimate of drug-likeness (QED) is 0.790. The molecule has 3 rings (SSSR count). The summed E-state index contributed by atoms with van der Waals surface area (Å²) in [5.74, 6) is 0.558. The van der Waals surface area contributed by atoms with Gasteiger partial charge < -0.3 is 15.4 Å². The molecule has 2 atom stereocenters.